The third kappa shape index (κ3) is 3.13. The third-order valence-corrected chi connectivity index (χ3v) is 4.60. The number of anilines is 1. The number of rotatable bonds is 5. The first kappa shape index (κ1) is 12.6. The van der Waals surface area contributed by atoms with E-state index >= 15 is 0 Å². The van der Waals surface area contributed by atoms with E-state index < -0.39 is 0 Å². The van der Waals surface area contributed by atoms with Crippen molar-refractivity contribution in [2.75, 3.05) is 5.73 Å². The van der Waals surface area contributed by atoms with Gasteiger partial charge < -0.3 is 10.6 Å². The molecule has 1 fully saturated rings. The largest absolute Gasteiger partial charge is 0.375 e. The Morgan fingerprint density at radius 3 is 2.89 bits per heavy atom. The van der Waals surface area contributed by atoms with Crippen molar-refractivity contribution >= 4 is 33.7 Å². The Morgan fingerprint density at radius 2 is 2.32 bits per heavy atom. The maximum Gasteiger partial charge on any atom is 0.229 e. The molecule has 0 aliphatic heterocycles. The van der Waals surface area contributed by atoms with Crippen LogP contribution in [-0.2, 0) is 17.8 Å². The summed E-state index contributed by atoms with van der Waals surface area (Å²) in [6.45, 7) is 0.715. The zero-order chi connectivity index (χ0) is 13.2. The molecule has 2 N–H and O–H groups in total. The van der Waals surface area contributed by atoms with Crippen molar-refractivity contribution in [1.82, 2.24) is 9.88 Å². The number of hydrogen-bond donors (Lipinski definition) is 1. The van der Waals surface area contributed by atoms with Crippen LogP contribution in [0.4, 0.5) is 5.13 Å². The first-order valence-electron chi connectivity index (χ1n) is 6.23. The highest BCUT2D eigenvalue weighted by Crippen LogP contribution is 2.29. The van der Waals surface area contributed by atoms with E-state index in [2.05, 4.69) is 16.4 Å². The van der Waals surface area contributed by atoms with E-state index in [1.54, 1.807) is 11.3 Å². The molecular formula is C13H15N3OS2. The summed E-state index contributed by atoms with van der Waals surface area (Å²) in [4.78, 5) is 18.5. The van der Waals surface area contributed by atoms with E-state index in [1.165, 1.54) is 16.9 Å². The van der Waals surface area contributed by atoms with E-state index in [0.29, 0.717) is 24.1 Å². The van der Waals surface area contributed by atoms with Crippen LogP contribution < -0.4 is 5.73 Å². The smallest absolute Gasteiger partial charge is 0.229 e. The van der Waals surface area contributed by atoms with Crippen LogP contribution in [0.15, 0.2) is 22.2 Å². The van der Waals surface area contributed by atoms with Gasteiger partial charge in [0.1, 0.15) is 0 Å². The van der Waals surface area contributed by atoms with Gasteiger partial charge in [-0.15, -0.1) is 11.3 Å². The summed E-state index contributed by atoms with van der Waals surface area (Å²) < 4.78 is 0. The summed E-state index contributed by atoms with van der Waals surface area (Å²) in [5, 5.41) is 6.54. The van der Waals surface area contributed by atoms with Gasteiger partial charge in [-0.1, -0.05) is 0 Å². The van der Waals surface area contributed by atoms with Gasteiger partial charge in [0, 0.05) is 18.0 Å². The lowest BCUT2D eigenvalue weighted by Gasteiger charge is -2.21. The zero-order valence-electron chi connectivity index (χ0n) is 10.4. The minimum Gasteiger partial charge on any atom is -0.375 e. The molecule has 0 saturated heterocycles. The average Bonchev–Trinajstić information content (AvgIpc) is 2.93. The van der Waals surface area contributed by atoms with E-state index in [-0.39, 0.29) is 5.91 Å². The second-order valence-electron chi connectivity index (χ2n) is 4.74. The molecular weight excluding hydrogens is 278 g/mol. The van der Waals surface area contributed by atoms with Crippen LogP contribution in [0.2, 0.25) is 0 Å². The fourth-order valence-corrected chi connectivity index (χ4v) is 3.27. The maximum atomic E-state index is 12.4. The number of thiazole rings is 1. The van der Waals surface area contributed by atoms with Gasteiger partial charge >= 0.3 is 0 Å². The monoisotopic (exact) mass is 293 g/mol. The normalized spacial score (nSPS) is 14.5. The lowest BCUT2D eigenvalue weighted by Crippen LogP contribution is -2.33. The third-order valence-electron chi connectivity index (χ3n) is 3.14. The minimum absolute atomic E-state index is 0.152. The second kappa shape index (κ2) is 5.30. The summed E-state index contributed by atoms with van der Waals surface area (Å²) in [5.41, 5.74) is 7.59. The van der Waals surface area contributed by atoms with Crippen molar-refractivity contribution in [2.24, 2.45) is 0 Å². The number of hydrogen-bond acceptors (Lipinski definition) is 5. The molecule has 3 rings (SSSR count). The molecule has 0 atom stereocenters. The lowest BCUT2D eigenvalue weighted by atomic mass is 10.2. The number of aromatic nitrogens is 1. The van der Waals surface area contributed by atoms with Gasteiger partial charge in [-0.3, -0.25) is 4.79 Å². The second-order valence-corrected chi connectivity index (χ2v) is 6.41. The first-order chi connectivity index (χ1) is 9.22. The van der Waals surface area contributed by atoms with Crippen LogP contribution in [0.5, 0.6) is 0 Å². The van der Waals surface area contributed by atoms with Gasteiger partial charge in [0.25, 0.3) is 0 Å². The van der Waals surface area contributed by atoms with Crippen LogP contribution in [-0.4, -0.2) is 21.8 Å². The van der Waals surface area contributed by atoms with Crippen LogP contribution in [0.25, 0.3) is 0 Å². The van der Waals surface area contributed by atoms with Crippen molar-refractivity contribution in [1.29, 1.82) is 0 Å². The molecule has 100 valence electrons. The molecule has 0 aromatic carbocycles. The Labute approximate surface area is 119 Å². The van der Waals surface area contributed by atoms with Crippen molar-refractivity contribution in [2.45, 2.75) is 31.8 Å². The molecule has 1 amide bonds. The Balaban J connectivity index is 1.67. The quantitative estimate of drug-likeness (QED) is 0.921. The van der Waals surface area contributed by atoms with Gasteiger partial charge in [-0.25, -0.2) is 4.98 Å². The van der Waals surface area contributed by atoms with E-state index in [1.807, 2.05) is 15.7 Å². The molecule has 0 unspecified atom stereocenters. The molecule has 1 saturated carbocycles. The number of nitrogens with two attached hydrogens (primary N) is 1. The fraction of sp³-hybridized carbons (Fsp3) is 0.385. The number of thiophene rings is 1. The Hall–Kier alpha value is -1.40. The SMILES string of the molecule is Nc1nc(CC(=O)N(Cc2ccsc2)C2CC2)cs1. The van der Waals surface area contributed by atoms with Crippen molar-refractivity contribution < 1.29 is 4.79 Å². The summed E-state index contributed by atoms with van der Waals surface area (Å²) in [7, 11) is 0. The molecule has 6 heteroatoms. The number of amides is 1. The lowest BCUT2D eigenvalue weighted by molar-refractivity contribution is -0.131. The summed E-state index contributed by atoms with van der Waals surface area (Å²) in [5.74, 6) is 0.152. The van der Waals surface area contributed by atoms with Crippen molar-refractivity contribution in [3.63, 3.8) is 0 Å². The fourth-order valence-electron chi connectivity index (χ4n) is 2.05. The van der Waals surface area contributed by atoms with Crippen LogP contribution >= 0.6 is 22.7 Å². The predicted octanol–water partition coefficient (Wildman–Crippen LogP) is 2.52. The van der Waals surface area contributed by atoms with Crippen LogP contribution in [0, 0.1) is 0 Å². The summed E-state index contributed by atoms with van der Waals surface area (Å²) in [6.07, 6.45) is 2.60. The summed E-state index contributed by atoms with van der Waals surface area (Å²) >= 11 is 3.05. The number of carbonyl (C=O) groups is 1. The molecule has 1 aliphatic carbocycles. The molecule has 0 spiro atoms. The maximum absolute atomic E-state index is 12.4. The van der Waals surface area contributed by atoms with E-state index in [4.69, 9.17) is 5.73 Å². The van der Waals surface area contributed by atoms with Crippen molar-refractivity contribution in [3.05, 3.63) is 33.5 Å². The van der Waals surface area contributed by atoms with Crippen LogP contribution in [0.3, 0.4) is 0 Å². The molecule has 2 aromatic rings. The van der Waals surface area contributed by atoms with Gasteiger partial charge in [-0.2, -0.15) is 11.3 Å². The predicted molar refractivity (Wildman–Crippen MR) is 78.1 cm³/mol. The van der Waals surface area contributed by atoms with Gasteiger partial charge in [0.05, 0.1) is 12.1 Å². The Bertz CT molecular complexity index is 560. The van der Waals surface area contributed by atoms with Crippen molar-refractivity contribution in [3.8, 4) is 0 Å². The Kier molecular flexibility index (Phi) is 3.52. The summed E-state index contributed by atoms with van der Waals surface area (Å²) in [6, 6.07) is 2.50. The zero-order valence-corrected chi connectivity index (χ0v) is 12.0. The van der Waals surface area contributed by atoms with Crippen LogP contribution in [0.1, 0.15) is 24.1 Å². The molecule has 2 aromatic heterocycles. The highest BCUT2D eigenvalue weighted by Gasteiger charge is 2.32. The molecule has 1 aliphatic rings. The van der Waals surface area contributed by atoms with Gasteiger partial charge in [0.15, 0.2) is 5.13 Å². The van der Waals surface area contributed by atoms with Gasteiger partial charge in [-0.05, 0) is 35.2 Å². The van der Waals surface area contributed by atoms with Gasteiger partial charge in [0.2, 0.25) is 5.91 Å². The highest BCUT2D eigenvalue weighted by molar-refractivity contribution is 7.13. The molecule has 0 radical (unpaired) electrons. The highest BCUT2D eigenvalue weighted by atomic mass is 32.1. The topological polar surface area (TPSA) is 59.2 Å². The molecule has 4 nitrogen and oxygen atoms in total. The minimum atomic E-state index is 0.152. The first-order valence-corrected chi connectivity index (χ1v) is 8.05. The molecule has 2 heterocycles. The molecule has 19 heavy (non-hydrogen) atoms. The Morgan fingerprint density at radius 1 is 1.47 bits per heavy atom. The van der Waals surface area contributed by atoms with E-state index in [9.17, 15) is 4.79 Å². The number of carbonyl (C=O) groups excluding carboxylic acids is 1. The average molecular weight is 293 g/mol. The standard InChI is InChI=1S/C13H15N3OS2/c14-13-15-10(8-19-13)5-12(17)16(11-1-2-11)6-9-3-4-18-7-9/h3-4,7-8,11H,1-2,5-6H2,(H2,14,15). The van der Waals surface area contributed by atoms with E-state index in [0.717, 1.165) is 18.5 Å². The number of nitrogens with zero attached hydrogens (tertiary/aromatic N) is 2. The number of nitrogen functional groups attached to an aromatic ring is 1. The molecule has 0 bridgehead atoms.